The molecule has 3 fully saturated rings. The van der Waals surface area contributed by atoms with Crippen LogP contribution in [0.15, 0.2) is 48.5 Å². The largest absolute Gasteiger partial charge is 0.396 e. The van der Waals surface area contributed by atoms with E-state index in [-0.39, 0.29) is 30.9 Å². The fourth-order valence-corrected chi connectivity index (χ4v) is 6.91. The van der Waals surface area contributed by atoms with Crippen LogP contribution in [0.3, 0.4) is 0 Å². The van der Waals surface area contributed by atoms with Gasteiger partial charge in [-0.3, -0.25) is 14.4 Å². The van der Waals surface area contributed by atoms with Crippen LogP contribution in [0.25, 0.3) is 0 Å². The lowest BCUT2D eigenvalue weighted by Gasteiger charge is -2.33. The smallest absolute Gasteiger partial charge is 0.250 e. The Labute approximate surface area is 227 Å². The summed E-state index contributed by atoms with van der Waals surface area (Å²) in [6.45, 7) is 4.35. The zero-order chi connectivity index (χ0) is 27.1. The van der Waals surface area contributed by atoms with E-state index < -0.39 is 29.1 Å². The minimum atomic E-state index is -1.11. The number of fused-ring (bicyclic) bond motifs is 1. The fraction of sp³-hybridized carbons (Fsp3) is 0.483. The standard InChI is InChI=1S/C29H34ClN3O5/c1-18-9-8-12-20(30)23(18)32-26(36)24-29-14-13-28(2,38-29)21(22(29)27(37)33(24)15-6-7-16-34)25(35)31-17-19-10-4-3-5-11-19/h3-5,8-12,21-22,24,34H,6-7,13-17H2,1-2H3,(H,31,35)(H,32,36)/t21-,22+,24?,28+,29?/m1/s1. The molecule has 2 aromatic rings. The molecule has 2 unspecified atom stereocenters. The first-order chi connectivity index (χ1) is 18.2. The lowest BCUT2D eigenvalue weighted by molar-refractivity contribution is -0.144. The molecule has 3 saturated heterocycles. The van der Waals surface area contributed by atoms with Crippen molar-refractivity contribution < 1.29 is 24.2 Å². The summed E-state index contributed by atoms with van der Waals surface area (Å²) in [6, 6.07) is 14.1. The van der Waals surface area contributed by atoms with Crippen LogP contribution in [0.5, 0.6) is 0 Å². The maximum absolute atomic E-state index is 14.0. The molecule has 3 amide bonds. The Morgan fingerprint density at radius 3 is 2.58 bits per heavy atom. The molecule has 3 N–H and O–H groups in total. The van der Waals surface area contributed by atoms with E-state index in [9.17, 15) is 19.5 Å². The van der Waals surface area contributed by atoms with E-state index in [0.717, 1.165) is 11.1 Å². The second kappa shape index (κ2) is 10.3. The van der Waals surface area contributed by atoms with Gasteiger partial charge in [-0.25, -0.2) is 0 Å². The predicted molar refractivity (Wildman–Crippen MR) is 143 cm³/mol. The summed E-state index contributed by atoms with van der Waals surface area (Å²) >= 11 is 6.40. The number of anilines is 1. The summed E-state index contributed by atoms with van der Waals surface area (Å²) in [4.78, 5) is 43.1. The number of hydrogen-bond acceptors (Lipinski definition) is 5. The lowest BCUT2D eigenvalue weighted by atomic mass is 9.66. The van der Waals surface area contributed by atoms with Crippen molar-refractivity contribution >= 4 is 35.0 Å². The number of rotatable bonds is 9. The Morgan fingerprint density at radius 1 is 1.11 bits per heavy atom. The molecule has 1 spiro atoms. The zero-order valence-electron chi connectivity index (χ0n) is 21.7. The predicted octanol–water partition coefficient (Wildman–Crippen LogP) is 3.44. The van der Waals surface area contributed by atoms with Crippen molar-refractivity contribution in [2.24, 2.45) is 11.8 Å². The number of nitrogens with one attached hydrogen (secondary N) is 2. The van der Waals surface area contributed by atoms with Crippen LogP contribution in [0.2, 0.25) is 5.02 Å². The van der Waals surface area contributed by atoms with Crippen LogP contribution >= 0.6 is 11.6 Å². The highest BCUT2D eigenvalue weighted by molar-refractivity contribution is 6.34. The number of hydrogen-bond donors (Lipinski definition) is 3. The van der Waals surface area contributed by atoms with E-state index in [1.807, 2.05) is 56.3 Å². The zero-order valence-corrected chi connectivity index (χ0v) is 22.5. The number of para-hydroxylation sites is 1. The Hall–Kier alpha value is -2.94. The fourth-order valence-electron chi connectivity index (χ4n) is 6.64. The molecule has 2 aromatic carbocycles. The Kier molecular flexibility index (Phi) is 7.24. The number of carbonyl (C=O) groups excluding carboxylic acids is 3. The molecular formula is C29H34ClN3O5. The van der Waals surface area contributed by atoms with Gasteiger partial charge >= 0.3 is 0 Å². The highest BCUT2D eigenvalue weighted by Gasteiger charge is 2.77. The number of likely N-dealkylation sites (tertiary alicyclic amines) is 1. The van der Waals surface area contributed by atoms with E-state index >= 15 is 0 Å². The monoisotopic (exact) mass is 539 g/mol. The number of benzene rings is 2. The number of aliphatic hydroxyl groups is 1. The third-order valence-corrected chi connectivity index (χ3v) is 8.71. The van der Waals surface area contributed by atoms with E-state index in [1.54, 1.807) is 11.0 Å². The van der Waals surface area contributed by atoms with Crippen molar-refractivity contribution in [3.8, 4) is 0 Å². The molecule has 5 atom stereocenters. The molecule has 0 saturated carbocycles. The molecule has 38 heavy (non-hydrogen) atoms. The first-order valence-corrected chi connectivity index (χ1v) is 13.6. The number of carbonyl (C=O) groups is 3. The Morgan fingerprint density at radius 2 is 1.87 bits per heavy atom. The van der Waals surface area contributed by atoms with Crippen molar-refractivity contribution in [1.29, 1.82) is 0 Å². The minimum absolute atomic E-state index is 0.00856. The first kappa shape index (κ1) is 26.7. The molecule has 5 rings (SSSR count). The summed E-state index contributed by atoms with van der Waals surface area (Å²) in [6.07, 6.45) is 2.10. The molecule has 3 aliphatic rings. The first-order valence-electron chi connectivity index (χ1n) is 13.2. The molecule has 0 aliphatic carbocycles. The summed E-state index contributed by atoms with van der Waals surface area (Å²) < 4.78 is 6.63. The van der Waals surface area contributed by atoms with Gasteiger partial charge in [-0.15, -0.1) is 0 Å². The summed E-state index contributed by atoms with van der Waals surface area (Å²) in [5.74, 6) is -2.35. The van der Waals surface area contributed by atoms with E-state index in [2.05, 4.69) is 10.6 Å². The van der Waals surface area contributed by atoms with Crippen LogP contribution < -0.4 is 10.6 Å². The van der Waals surface area contributed by atoms with Gasteiger partial charge in [0.15, 0.2) is 0 Å². The van der Waals surface area contributed by atoms with Gasteiger partial charge in [-0.05, 0) is 56.7 Å². The molecule has 3 aliphatic heterocycles. The molecule has 0 aromatic heterocycles. The maximum Gasteiger partial charge on any atom is 0.250 e. The quantitative estimate of drug-likeness (QED) is 0.423. The summed E-state index contributed by atoms with van der Waals surface area (Å²) in [5.41, 5.74) is 0.298. The summed E-state index contributed by atoms with van der Waals surface area (Å²) in [7, 11) is 0. The third kappa shape index (κ3) is 4.38. The molecule has 8 nitrogen and oxygen atoms in total. The Balaban J connectivity index is 1.46. The SMILES string of the molecule is Cc1cccc(Cl)c1NC(=O)C1N(CCCCO)C(=O)[C@@H]2[C@H](C(=O)NCc3ccccc3)[C@]3(C)CCC12O3. The van der Waals surface area contributed by atoms with Crippen LogP contribution in [0, 0.1) is 18.8 Å². The van der Waals surface area contributed by atoms with Crippen LogP contribution in [-0.2, 0) is 25.7 Å². The summed E-state index contributed by atoms with van der Waals surface area (Å²) in [5, 5.41) is 15.7. The second-order valence-electron chi connectivity index (χ2n) is 10.8. The van der Waals surface area contributed by atoms with E-state index in [4.69, 9.17) is 16.3 Å². The van der Waals surface area contributed by atoms with Crippen LogP contribution in [0.4, 0.5) is 5.69 Å². The topological polar surface area (TPSA) is 108 Å². The number of halogens is 1. The molecule has 202 valence electrons. The van der Waals surface area contributed by atoms with E-state index in [0.29, 0.717) is 42.9 Å². The molecular weight excluding hydrogens is 506 g/mol. The van der Waals surface area contributed by atoms with Crippen molar-refractivity contribution in [2.75, 3.05) is 18.5 Å². The molecule has 9 heteroatoms. The van der Waals surface area contributed by atoms with Gasteiger partial charge in [0.1, 0.15) is 11.6 Å². The average molecular weight is 540 g/mol. The lowest BCUT2D eigenvalue weighted by Crippen LogP contribution is -2.53. The minimum Gasteiger partial charge on any atom is -0.396 e. The second-order valence-corrected chi connectivity index (χ2v) is 11.2. The highest BCUT2D eigenvalue weighted by atomic mass is 35.5. The molecule has 2 bridgehead atoms. The van der Waals surface area contributed by atoms with Crippen molar-refractivity contribution in [2.45, 2.75) is 63.3 Å². The van der Waals surface area contributed by atoms with Crippen molar-refractivity contribution in [1.82, 2.24) is 10.2 Å². The van der Waals surface area contributed by atoms with Gasteiger partial charge in [0.05, 0.1) is 28.1 Å². The van der Waals surface area contributed by atoms with Crippen molar-refractivity contribution in [3.05, 3.63) is 64.7 Å². The van der Waals surface area contributed by atoms with Gasteiger partial charge in [0.25, 0.3) is 0 Å². The number of amides is 3. The average Bonchev–Trinajstić information content (AvgIpc) is 3.46. The van der Waals surface area contributed by atoms with Crippen LogP contribution in [-0.4, -0.2) is 58.1 Å². The van der Waals surface area contributed by atoms with Crippen molar-refractivity contribution in [3.63, 3.8) is 0 Å². The van der Waals surface area contributed by atoms with Gasteiger partial charge in [-0.2, -0.15) is 0 Å². The van der Waals surface area contributed by atoms with Gasteiger partial charge in [-0.1, -0.05) is 54.1 Å². The normalized spacial score (nSPS) is 29.4. The highest BCUT2D eigenvalue weighted by Crippen LogP contribution is 2.63. The number of unbranched alkanes of at least 4 members (excludes halogenated alkanes) is 1. The number of aryl methyl sites for hydroxylation is 1. The number of ether oxygens (including phenoxy) is 1. The van der Waals surface area contributed by atoms with Gasteiger partial charge in [0.2, 0.25) is 17.7 Å². The van der Waals surface area contributed by atoms with Gasteiger partial charge in [0, 0.05) is 19.7 Å². The number of aliphatic hydroxyl groups excluding tert-OH is 1. The van der Waals surface area contributed by atoms with E-state index in [1.165, 1.54) is 0 Å². The molecule has 0 radical (unpaired) electrons. The third-order valence-electron chi connectivity index (χ3n) is 8.39. The maximum atomic E-state index is 14.0. The Bertz CT molecular complexity index is 1220. The van der Waals surface area contributed by atoms with Crippen LogP contribution in [0.1, 0.15) is 43.7 Å². The molecule has 3 heterocycles. The number of nitrogens with zero attached hydrogens (tertiary/aromatic N) is 1. The van der Waals surface area contributed by atoms with Gasteiger partial charge < -0.3 is 25.4 Å².